The van der Waals surface area contributed by atoms with E-state index >= 15 is 0 Å². The lowest BCUT2D eigenvalue weighted by Gasteiger charge is -2.36. The molecule has 1 amide bonds. The predicted molar refractivity (Wildman–Crippen MR) is 140 cm³/mol. The van der Waals surface area contributed by atoms with Crippen LogP contribution in [0.25, 0.3) is 5.65 Å². The van der Waals surface area contributed by atoms with E-state index in [4.69, 9.17) is 0 Å². The van der Waals surface area contributed by atoms with Gasteiger partial charge in [-0.25, -0.2) is 18.9 Å². The lowest BCUT2D eigenvalue weighted by molar-refractivity contribution is -0.132. The van der Waals surface area contributed by atoms with Crippen molar-refractivity contribution in [2.24, 2.45) is 0 Å². The molecule has 0 saturated carbocycles. The van der Waals surface area contributed by atoms with Gasteiger partial charge in [-0.3, -0.25) is 4.79 Å². The van der Waals surface area contributed by atoms with Crippen LogP contribution in [0, 0.1) is 6.92 Å². The Morgan fingerprint density at radius 3 is 2.36 bits per heavy atom. The van der Waals surface area contributed by atoms with Crippen molar-refractivity contribution in [2.45, 2.75) is 26.9 Å². The van der Waals surface area contributed by atoms with Gasteiger partial charge in [-0.05, 0) is 31.5 Å². The van der Waals surface area contributed by atoms with Gasteiger partial charge in [-0.15, -0.1) is 5.10 Å². The molecule has 2 aromatic carbocycles. The molecule has 0 radical (unpaired) electrons. The van der Waals surface area contributed by atoms with E-state index < -0.39 is 0 Å². The lowest BCUT2D eigenvalue weighted by Crippen LogP contribution is -2.47. The Kier molecular flexibility index (Phi) is 6.71. The minimum Gasteiger partial charge on any atom is -0.368 e. The Morgan fingerprint density at radius 2 is 1.67 bits per heavy atom. The molecule has 0 atom stereocenters. The van der Waals surface area contributed by atoms with Crippen LogP contribution in [-0.4, -0.2) is 62.7 Å². The van der Waals surface area contributed by atoms with Gasteiger partial charge in [0.05, 0.1) is 0 Å². The zero-order valence-corrected chi connectivity index (χ0v) is 20.7. The number of aromatic nitrogens is 4. The van der Waals surface area contributed by atoms with Crippen molar-refractivity contribution in [1.29, 1.82) is 0 Å². The summed E-state index contributed by atoms with van der Waals surface area (Å²) in [7, 11) is 0. The first-order chi connectivity index (χ1) is 17.5. The SMILES string of the molecule is CCN(Cc1ccccc1)C(=O)Cn1nc2c(N3CCN(c4ccc(C)cc4)CC3)nccn2c1=O. The summed E-state index contributed by atoms with van der Waals surface area (Å²) >= 11 is 0. The van der Waals surface area contributed by atoms with Crippen molar-refractivity contribution in [2.75, 3.05) is 42.5 Å². The fourth-order valence-electron chi connectivity index (χ4n) is 4.60. The molecule has 0 spiro atoms. The zero-order valence-electron chi connectivity index (χ0n) is 20.7. The third kappa shape index (κ3) is 4.82. The number of amides is 1. The number of likely N-dealkylation sites (N-methyl/N-ethyl adjacent to an activating group) is 1. The molecule has 1 saturated heterocycles. The van der Waals surface area contributed by atoms with Crippen LogP contribution in [0.1, 0.15) is 18.1 Å². The van der Waals surface area contributed by atoms with E-state index in [-0.39, 0.29) is 18.1 Å². The maximum atomic E-state index is 13.1. The van der Waals surface area contributed by atoms with E-state index in [1.165, 1.54) is 20.3 Å². The molecule has 36 heavy (non-hydrogen) atoms. The van der Waals surface area contributed by atoms with E-state index in [1.807, 2.05) is 37.3 Å². The molecule has 186 valence electrons. The number of fused-ring (bicyclic) bond motifs is 1. The first-order valence-corrected chi connectivity index (χ1v) is 12.4. The fraction of sp³-hybridized carbons (Fsp3) is 0.333. The van der Waals surface area contributed by atoms with E-state index in [2.05, 4.69) is 51.1 Å². The molecular weight excluding hydrogens is 454 g/mol. The number of nitrogens with zero attached hydrogens (tertiary/aromatic N) is 7. The van der Waals surface area contributed by atoms with Gasteiger partial charge in [0.1, 0.15) is 6.54 Å². The van der Waals surface area contributed by atoms with Gasteiger partial charge in [0.15, 0.2) is 5.82 Å². The molecule has 0 unspecified atom stereocenters. The fourth-order valence-corrected chi connectivity index (χ4v) is 4.60. The average Bonchev–Trinajstić information content (AvgIpc) is 3.23. The topological polar surface area (TPSA) is 79.0 Å². The Balaban J connectivity index is 1.32. The van der Waals surface area contributed by atoms with Crippen LogP contribution in [0.5, 0.6) is 0 Å². The Labute approximate surface area is 210 Å². The van der Waals surface area contributed by atoms with Crippen molar-refractivity contribution in [3.05, 3.63) is 88.6 Å². The van der Waals surface area contributed by atoms with Crippen LogP contribution < -0.4 is 15.5 Å². The molecule has 5 rings (SSSR count). The highest BCUT2D eigenvalue weighted by atomic mass is 16.2. The monoisotopic (exact) mass is 485 g/mol. The normalized spacial score (nSPS) is 13.8. The van der Waals surface area contributed by atoms with E-state index in [1.54, 1.807) is 17.3 Å². The molecular formula is C27H31N7O2. The summed E-state index contributed by atoms with van der Waals surface area (Å²) < 4.78 is 2.73. The summed E-state index contributed by atoms with van der Waals surface area (Å²) in [4.78, 5) is 36.9. The number of hydrogen-bond acceptors (Lipinski definition) is 6. The number of rotatable bonds is 7. The van der Waals surface area contributed by atoms with E-state index in [0.29, 0.717) is 24.6 Å². The van der Waals surface area contributed by atoms with Gasteiger partial charge in [-0.1, -0.05) is 48.0 Å². The van der Waals surface area contributed by atoms with Crippen LogP contribution >= 0.6 is 0 Å². The molecule has 1 fully saturated rings. The number of aryl methyl sites for hydroxylation is 1. The van der Waals surface area contributed by atoms with Gasteiger partial charge in [0, 0.05) is 57.3 Å². The summed E-state index contributed by atoms with van der Waals surface area (Å²) in [6.45, 7) is 8.19. The second kappa shape index (κ2) is 10.2. The molecule has 3 heterocycles. The highest BCUT2D eigenvalue weighted by Crippen LogP contribution is 2.21. The summed E-state index contributed by atoms with van der Waals surface area (Å²) in [5.41, 5.74) is 3.64. The average molecular weight is 486 g/mol. The quantitative estimate of drug-likeness (QED) is 0.400. The maximum absolute atomic E-state index is 13.1. The second-order valence-electron chi connectivity index (χ2n) is 9.09. The zero-order chi connectivity index (χ0) is 25.1. The molecule has 2 aromatic heterocycles. The Hall–Kier alpha value is -4.14. The minimum atomic E-state index is -0.337. The summed E-state index contributed by atoms with van der Waals surface area (Å²) in [5.74, 6) is 0.522. The van der Waals surface area contributed by atoms with Crippen LogP contribution in [-0.2, 0) is 17.9 Å². The van der Waals surface area contributed by atoms with Crippen LogP contribution in [0.3, 0.4) is 0 Å². The first kappa shape index (κ1) is 23.6. The van der Waals surface area contributed by atoms with E-state index in [9.17, 15) is 9.59 Å². The molecule has 1 aliphatic heterocycles. The van der Waals surface area contributed by atoms with Crippen molar-refractivity contribution >= 4 is 23.1 Å². The number of piperazine rings is 1. The highest BCUT2D eigenvalue weighted by Gasteiger charge is 2.23. The predicted octanol–water partition coefficient (Wildman–Crippen LogP) is 2.57. The van der Waals surface area contributed by atoms with Crippen LogP contribution in [0.4, 0.5) is 11.5 Å². The van der Waals surface area contributed by atoms with Gasteiger partial charge >= 0.3 is 5.69 Å². The molecule has 0 bridgehead atoms. The Morgan fingerprint density at radius 1 is 0.972 bits per heavy atom. The minimum absolute atomic E-state index is 0.109. The molecule has 0 N–H and O–H groups in total. The molecule has 9 nitrogen and oxygen atoms in total. The van der Waals surface area contributed by atoms with Gasteiger partial charge in [0.2, 0.25) is 11.6 Å². The smallest absolute Gasteiger partial charge is 0.350 e. The number of carbonyl (C=O) groups excluding carboxylic acids is 1. The summed E-state index contributed by atoms with van der Waals surface area (Å²) in [6.07, 6.45) is 3.23. The summed E-state index contributed by atoms with van der Waals surface area (Å²) in [5, 5.41) is 4.54. The van der Waals surface area contributed by atoms with E-state index in [0.717, 1.165) is 31.7 Å². The molecule has 1 aliphatic rings. The van der Waals surface area contributed by atoms with Gasteiger partial charge in [-0.2, -0.15) is 0 Å². The van der Waals surface area contributed by atoms with Crippen molar-refractivity contribution in [1.82, 2.24) is 24.1 Å². The number of carbonyl (C=O) groups is 1. The number of anilines is 2. The molecule has 0 aliphatic carbocycles. The largest absolute Gasteiger partial charge is 0.368 e. The van der Waals surface area contributed by atoms with Crippen molar-refractivity contribution < 1.29 is 4.79 Å². The van der Waals surface area contributed by atoms with Crippen molar-refractivity contribution in [3.63, 3.8) is 0 Å². The van der Waals surface area contributed by atoms with Crippen LogP contribution in [0.15, 0.2) is 71.8 Å². The Bertz CT molecular complexity index is 1390. The second-order valence-corrected chi connectivity index (χ2v) is 9.09. The van der Waals surface area contributed by atoms with Gasteiger partial charge in [0.25, 0.3) is 0 Å². The molecule has 4 aromatic rings. The number of benzene rings is 2. The standard InChI is InChI=1S/C27H31N7O2/c1-3-30(19-22-7-5-4-6-8-22)24(35)20-34-27(36)33-14-13-28-25(26(33)29-34)32-17-15-31(16-18-32)23-11-9-21(2)10-12-23/h4-14H,3,15-20H2,1-2H3. The lowest BCUT2D eigenvalue weighted by atomic mass is 10.2. The van der Waals surface area contributed by atoms with Crippen LogP contribution in [0.2, 0.25) is 0 Å². The first-order valence-electron chi connectivity index (χ1n) is 12.4. The van der Waals surface area contributed by atoms with Gasteiger partial charge < -0.3 is 14.7 Å². The third-order valence-electron chi connectivity index (χ3n) is 6.70. The van der Waals surface area contributed by atoms with Crippen molar-refractivity contribution in [3.8, 4) is 0 Å². The molecule has 9 heteroatoms. The third-order valence-corrected chi connectivity index (χ3v) is 6.70. The highest BCUT2D eigenvalue weighted by molar-refractivity contribution is 5.76. The summed E-state index contributed by atoms with van der Waals surface area (Å²) in [6, 6.07) is 18.4. The maximum Gasteiger partial charge on any atom is 0.350 e. The number of hydrogen-bond donors (Lipinski definition) is 0.